The fourth-order valence-corrected chi connectivity index (χ4v) is 3.35. The molecule has 0 radical (unpaired) electrons. The summed E-state index contributed by atoms with van der Waals surface area (Å²) < 4.78 is 0. The van der Waals surface area contributed by atoms with Gasteiger partial charge >= 0.3 is 0 Å². The number of aromatic nitrogens is 1. The van der Waals surface area contributed by atoms with Crippen molar-refractivity contribution in [3.05, 3.63) is 29.6 Å². The van der Waals surface area contributed by atoms with Crippen molar-refractivity contribution in [1.82, 2.24) is 15.2 Å². The van der Waals surface area contributed by atoms with Crippen molar-refractivity contribution in [2.45, 2.75) is 51.2 Å². The first-order chi connectivity index (χ1) is 8.83. The molecule has 0 aromatic carbocycles. The molecule has 0 aliphatic carbocycles. The van der Waals surface area contributed by atoms with Crippen LogP contribution in [0, 0.1) is 6.92 Å². The predicted octanol–water partition coefficient (Wildman–Crippen LogP) is 2.11. The van der Waals surface area contributed by atoms with Crippen molar-refractivity contribution in [3.8, 4) is 0 Å². The van der Waals surface area contributed by atoms with E-state index in [-0.39, 0.29) is 0 Å². The van der Waals surface area contributed by atoms with Crippen LogP contribution in [0.4, 0.5) is 0 Å². The first-order valence-electron chi connectivity index (χ1n) is 7.21. The van der Waals surface area contributed by atoms with Crippen molar-refractivity contribution < 1.29 is 0 Å². The summed E-state index contributed by atoms with van der Waals surface area (Å²) in [5.41, 5.74) is 2.50. The summed E-state index contributed by atoms with van der Waals surface area (Å²) in [6.45, 7) is 5.67. The lowest BCUT2D eigenvalue weighted by molar-refractivity contribution is 0.166. The van der Waals surface area contributed by atoms with Crippen LogP contribution in [-0.2, 0) is 6.54 Å². The topological polar surface area (TPSA) is 28.2 Å². The van der Waals surface area contributed by atoms with Crippen LogP contribution in [0.5, 0.6) is 0 Å². The van der Waals surface area contributed by atoms with E-state index < -0.39 is 0 Å². The smallest absolute Gasteiger partial charge is 0.0570 e. The Morgan fingerprint density at radius 2 is 2.33 bits per heavy atom. The molecule has 1 aromatic heterocycles. The van der Waals surface area contributed by atoms with Crippen LogP contribution in [0.15, 0.2) is 18.3 Å². The second kappa shape index (κ2) is 5.37. The van der Waals surface area contributed by atoms with Crippen LogP contribution < -0.4 is 5.32 Å². The third kappa shape index (κ3) is 2.57. The zero-order valence-electron chi connectivity index (χ0n) is 11.2. The molecule has 2 aliphatic heterocycles. The Labute approximate surface area is 110 Å². The van der Waals surface area contributed by atoms with E-state index in [0.29, 0.717) is 6.04 Å². The molecule has 2 saturated heterocycles. The van der Waals surface area contributed by atoms with Gasteiger partial charge in [0.25, 0.3) is 0 Å². The molecule has 2 aliphatic rings. The van der Waals surface area contributed by atoms with E-state index in [9.17, 15) is 0 Å². The molecule has 0 saturated carbocycles. The predicted molar refractivity (Wildman–Crippen MR) is 73.4 cm³/mol. The van der Waals surface area contributed by atoms with Gasteiger partial charge in [0.1, 0.15) is 0 Å². The summed E-state index contributed by atoms with van der Waals surface area (Å²) >= 11 is 0. The molecule has 2 atom stereocenters. The van der Waals surface area contributed by atoms with Crippen LogP contribution in [0.1, 0.15) is 36.9 Å². The Hall–Kier alpha value is -0.930. The Kier molecular flexibility index (Phi) is 3.62. The van der Waals surface area contributed by atoms with Gasteiger partial charge in [-0.25, -0.2) is 0 Å². The van der Waals surface area contributed by atoms with Crippen molar-refractivity contribution >= 4 is 0 Å². The molecule has 3 rings (SSSR count). The Morgan fingerprint density at radius 1 is 1.39 bits per heavy atom. The summed E-state index contributed by atoms with van der Waals surface area (Å²) in [7, 11) is 0. The molecule has 0 amide bonds. The number of aryl methyl sites for hydroxylation is 1. The molecule has 3 nitrogen and oxygen atoms in total. The number of hydrogen-bond acceptors (Lipinski definition) is 3. The van der Waals surface area contributed by atoms with E-state index in [1.54, 1.807) is 0 Å². The van der Waals surface area contributed by atoms with Crippen molar-refractivity contribution in [1.29, 1.82) is 0 Å². The number of nitrogens with zero attached hydrogens (tertiary/aromatic N) is 2. The van der Waals surface area contributed by atoms with Gasteiger partial charge in [-0.05, 0) is 57.3 Å². The number of hydrogen-bond donors (Lipinski definition) is 1. The SMILES string of the molecule is Cc1cccnc1CNC1CCN2CCCC2C1. The number of fused-ring (bicyclic) bond motifs is 1. The normalized spacial score (nSPS) is 28.3. The molecular weight excluding hydrogens is 222 g/mol. The summed E-state index contributed by atoms with van der Waals surface area (Å²) in [5.74, 6) is 0. The zero-order chi connectivity index (χ0) is 12.4. The minimum Gasteiger partial charge on any atom is -0.308 e. The quantitative estimate of drug-likeness (QED) is 0.884. The van der Waals surface area contributed by atoms with Gasteiger partial charge in [-0.15, -0.1) is 0 Å². The van der Waals surface area contributed by atoms with E-state index in [1.807, 2.05) is 12.3 Å². The minimum atomic E-state index is 0.686. The van der Waals surface area contributed by atoms with Crippen LogP contribution in [0.3, 0.4) is 0 Å². The van der Waals surface area contributed by atoms with E-state index in [1.165, 1.54) is 50.0 Å². The average Bonchev–Trinajstić information content (AvgIpc) is 2.85. The largest absolute Gasteiger partial charge is 0.308 e. The van der Waals surface area contributed by atoms with Crippen molar-refractivity contribution in [2.24, 2.45) is 0 Å². The van der Waals surface area contributed by atoms with Crippen molar-refractivity contribution in [3.63, 3.8) is 0 Å². The van der Waals surface area contributed by atoms with E-state index in [4.69, 9.17) is 0 Å². The summed E-state index contributed by atoms with van der Waals surface area (Å²) in [6, 6.07) is 5.69. The fourth-order valence-electron chi connectivity index (χ4n) is 3.35. The first-order valence-corrected chi connectivity index (χ1v) is 7.21. The van der Waals surface area contributed by atoms with Gasteiger partial charge < -0.3 is 10.2 Å². The molecular formula is C15H23N3. The van der Waals surface area contributed by atoms with Gasteiger partial charge in [-0.3, -0.25) is 4.98 Å². The number of pyridine rings is 1. The van der Waals surface area contributed by atoms with Crippen LogP contribution in [-0.4, -0.2) is 35.1 Å². The highest BCUT2D eigenvalue weighted by Gasteiger charge is 2.31. The maximum Gasteiger partial charge on any atom is 0.0570 e. The fraction of sp³-hybridized carbons (Fsp3) is 0.667. The molecule has 0 bridgehead atoms. The highest BCUT2D eigenvalue weighted by molar-refractivity contribution is 5.17. The van der Waals surface area contributed by atoms with E-state index in [0.717, 1.165) is 12.6 Å². The second-order valence-electron chi connectivity index (χ2n) is 5.70. The molecule has 3 heterocycles. The molecule has 1 aromatic rings. The van der Waals surface area contributed by atoms with Gasteiger partial charge in [0.05, 0.1) is 5.69 Å². The molecule has 0 spiro atoms. The summed E-state index contributed by atoms with van der Waals surface area (Å²) in [4.78, 5) is 7.13. The standard InChI is InChI=1S/C15H23N3/c1-12-4-2-7-16-15(12)11-17-13-6-9-18-8-3-5-14(18)10-13/h2,4,7,13-14,17H,3,5-6,8-11H2,1H3. The Balaban J connectivity index is 1.53. The van der Waals surface area contributed by atoms with Gasteiger partial charge in [-0.1, -0.05) is 6.07 Å². The molecule has 1 N–H and O–H groups in total. The van der Waals surface area contributed by atoms with Gasteiger partial charge in [0.15, 0.2) is 0 Å². The molecule has 3 heteroatoms. The molecule has 2 unspecified atom stereocenters. The van der Waals surface area contributed by atoms with E-state index in [2.05, 4.69) is 28.2 Å². The number of rotatable bonds is 3. The third-order valence-electron chi connectivity index (χ3n) is 4.50. The highest BCUT2D eigenvalue weighted by Crippen LogP contribution is 2.26. The third-order valence-corrected chi connectivity index (χ3v) is 4.50. The lowest BCUT2D eigenvalue weighted by Gasteiger charge is -2.35. The Morgan fingerprint density at radius 3 is 3.22 bits per heavy atom. The molecule has 2 fully saturated rings. The van der Waals surface area contributed by atoms with Crippen LogP contribution in [0.2, 0.25) is 0 Å². The number of piperidine rings is 1. The average molecular weight is 245 g/mol. The van der Waals surface area contributed by atoms with Gasteiger partial charge in [0, 0.05) is 24.8 Å². The maximum absolute atomic E-state index is 4.46. The maximum atomic E-state index is 4.46. The zero-order valence-corrected chi connectivity index (χ0v) is 11.2. The Bertz CT molecular complexity index is 404. The van der Waals surface area contributed by atoms with Crippen LogP contribution in [0.25, 0.3) is 0 Å². The molecule has 18 heavy (non-hydrogen) atoms. The lowest BCUT2D eigenvalue weighted by Crippen LogP contribution is -2.45. The summed E-state index contributed by atoms with van der Waals surface area (Å²) in [5, 5.41) is 3.70. The monoisotopic (exact) mass is 245 g/mol. The van der Waals surface area contributed by atoms with Gasteiger partial charge in [0.2, 0.25) is 0 Å². The van der Waals surface area contributed by atoms with Crippen molar-refractivity contribution in [2.75, 3.05) is 13.1 Å². The summed E-state index contributed by atoms with van der Waals surface area (Å²) in [6.07, 6.45) is 7.31. The lowest BCUT2D eigenvalue weighted by atomic mass is 9.97. The first kappa shape index (κ1) is 12.1. The highest BCUT2D eigenvalue weighted by atomic mass is 15.2. The molecule has 98 valence electrons. The van der Waals surface area contributed by atoms with Crippen LogP contribution >= 0.6 is 0 Å². The van der Waals surface area contributed by atoms with Gasteiger partial charge in [-0.2, -0.15) is 0 Å². The minimum absolute atomic E-state index is 0.686. The second-order valence-corrected chi connectivity index (χ2v) is 5.70. The number of nitrogens with one attached hydrogen (secondary N) is 1. The van der Waals surface area contributed by atoms with E-state index >= 15 is 0 Å².